The normalized spacial score (nSPS) is 12.3. The number of amides is 5. The molecule has 5 amide bonds. The average Bonchev–Trinajstić information content (AvgIpc) is 3.32. The van der Waals surface area contributed by atoms with Crippen molar-refractivity contribution in [2.75, 3.05) is 30.0 Å². The molecule has 18 heteroatoms. The number of para-hydroxylation sites is 1. The Hall–Kier alpha value is -7.91. The first-order valence-corrected chi connectivity index (χ1v) is 22.6. The number of hydrogen-bond acceptors (Lipinski definition) is 12. The summed E-state index contributed by atoms with van der Waals surface area (Å²) in [4.78, 5) is 102. The summed E-state index contributed by atoms with van der Waals surface area (Å²) in [5.41, 5.74) is 9.20. The molecule has 18 nitrogen and oxygen atoms in total. The van der Waals surface area contributed by atoms with Gasteiger partial charge in [0.1, 0.15) is 18.1 Å². The molecule has 0 saturated carbocycles. The molecule has 0 saturated heterocycles. The summed E-state index contributed by atoms with van der Waals surface area (Å²) in [5, 5.41) is 18.9. The lowest BCUT2D eigenvalue weighted by molar-refractivity contribution is -0.384. The lowest BCUT2D eigenvalue weighted by Crippen LogP contribution is -2.45. The first-order chi connectivity index (χ1) is 33.2. The second-order valence-electron chi connectivity index (χ2n) is 16.6. The number of primary amides is 1. The molecule has 0 fully saturated rings. The van der Waals surface area contributed by atoms with Crippen LogP contribution in [0.25, 0.3) is 0 Å². The van der Waals surface area contributed by atoms with Crippen molar-refractivity contribution in [2.24, 2.45) is 17.6 Å². The van der Waals surface area contributed by atoms with Crippen LogP contribution < -0.4 is 31.3 Å². The predicted molar refractivity (Wildman–Crippen MR) is 255 cm³/mol. The lowest BCUT2D eigenvalue weighted by atomic mass is 9.89. The number of fused-ring (bicyclic) bond motifs is 2. The van der Waals surface area contributed by atoms with E-state index in [2.05, 4.69) is 27.8 Å². The van der Waals surface area contributed by atoms with Crippen LogP contribution in [-0.4, -0.2) is 72.2 Å². The number of nitrogens with one attached hydrogen (secondary N) is 3. The monoisotopic (exact) mass is 944 g/mol. The van der Waals surface area contributed by atoms with Gasteiger partial charge in [-0.1, -0.05) is 68.2 Å². The maximum absolute atomic E-state index is 13.7. The van der Waals surface area contributed by atoms with Crippen molar-refractivity contribution in [3.63, 3.8) is 0 Å². The zero-order chi connectivity index (χ0) is 49.7. The van der Waals surface area contributed by atoms with Crippen molar-refractivity contribution < 1.29 is 52.7 Å². The van der Waals surface area contributed by atoms with Gasteiger partial charge >= 0.3 is 12.2 Å². The van der Waals surface area contributed by atoms with E-state index >= 15 is 0 Å². The maximum atomic E-state index is 13.7. The SMILES string of the molecule is CC(C)[C@H](NC(=O)CCOCCCC(=O)CCC(=O)N1Cc2ccccc2C#Cc2ccccc21)C(=O)C[C@@H](CCCNC(N)=O)C(=O)Nc1ccc(COC(=O)Oc2ccc([N+](=O)[O-])cc2)cc1. The van der Waals surface area contributed by atoms with Gasteiger partial charge in [-0.3, -0.25) is 34.1 Å². The molecule has 0 aromatic heterocycles. The van der Waals surface area contributed by atoms with Crippen LogP contribution in [0.4, 0.5) is 26.7 Å². The minimum Gasteiger partial charge on any atom is -0.429 e. The minimum absolute atomic E-state index is 0.0435. The van der Waals surface area contributed by atoms with Crippen molar-refractivity contribution in [2.45, 2.75) is 84.4 Å². The molecule has 362 valence electrons. The number of hydrogen-bond donors (Lipinski definition) is 4. The Kier molecular flexibility index (Phi) is 19.9. The van der Waals surface area contributed by atoms with E-state index in [9.17, 15) is 43.7 Å². The minimum atomic E-state index is -1.03. The van der Waals surface area contributed by atoms with E-state index in [1.54, 1.807) is 43.0 Å². The fourth-order valence-corrected chi connectivity index (χ4v) is 7.30. The summed E-state index contributed by atoms with van der Waals surface area (Å²) < 4.78 is 15.8. The van der Waals surface area contributed by atoms with Gasteiger partial charge in [0.05, 0.1) is 29.8 Å². The molecule has 4 aromatic carbocycles. The molecule has 0 unspecified atom stereocenters. The first-order valence-electron chi connectivity index (χ1n) is 22.6. The van der Waals surface area contributed by atoms with Gasteiger partial charge in [-0.05, 0) is 78.8 Å². The Labute approximate surface area is 399 Å². The molecule has 1 heterocycles. The van der Waals surface area contributed by atoms with Crippen molar-refractivity contribution in [3.05, 3.63) is 129 Å². The standard InChI is InChI=1S/C51H56N6O12/c1-34(2)48(55-46(60)27-30-67-29-8-13-42(58)23-26-47(61)56-32-39-11-4-3-9-36(39)17-18-37-10-5-6-14-44(37)56)45(59)31-38(12-7-28-53-50(52)63)49(62)54-40-19-15-35(16-20-40)33-68-51(64)69-43-24-21-41(22-25-43)57(65)66/h3-6,9-11,14-16,19-22,24-25,34,38,48H,7-8,12-13,23,26-33H2,1-2H3,(H,54,62)(H,55,60)(H3,52,53,63)/t38-,48+/m1/s1. The zero-order valence-electron chi connectivity index (χ0n) is 38.5. The quantitative estimate of drug-likeness (QED) is 0.0132. The number of ketones is 2. The fourth-order valence-electron chi connectivity index (χ4n) is 7.30. The summed E-state index contributed by atoms with van der Waals surface area (Å²) in [7, 11) is 0. The Morgan fingerprint density at radius 3 is 2.22 bits per heavy atom. The number of nitrogens with zero attached hydrogens (tertiary/aromatic N) is 2. The third kappa shape index (κ3) is 17.0. The average molecular weight is 945 g/mol. The molecule has 0 bridgehead atoms. The number of benzene rings is 4. The number of non-ortho nitro benzene ring substituents is 1. The fraction of sp³-hybridized carbons (Fsp3) is 0.353. The second kappa shape index (κ2) is 26.4. The van der Waals surface area contributed by atoms with Crippen molar-refractivity contribution in [3.8, 4) is 17.6 Å². The molecular weight excluding hydrogens is 889 g/mol. The van der Waals surface area contributed by atoms with Crippen LogP contribution >= 0.6 is 0 Å². The van der Waals surface area contributed by atoms with Gasteiger partial charge in [0.25, 0.3) is 5.69 Å². The summed E-state index contributed by atoms with van der Waals surface area (Å²) in [6.45, 7) is 4.16. The smallest absolute Gasteiger partial charge is 0.429 e. The van der Waals surface area contributed by atoms with Crippen LogP contribution in [0, 0.1) is 33.8 Å². The van der Waals surface area contributed by atoms with Crippen molar-refractivity contribution >= 4 is 58.5 Å². The molecule has 2 atom stereocenters. The number of anilines is 2. The van der Waals surface area contributed by atoms with Crippen molar-refractivity contribution in [1.29, 1.82) is 0 Å². The van der Waals surface area contributed by atoms with Crippen LogP contribution in [-0.2, 0) is 46.6 Å². The number of carbonyl (C=O) groups excluding carboxylic acids is 7. The van der Waals surface area contributed by atoms with Crippen LogP contribution in [0.5, 0.6) is 5.75 Å². The molecule has 69 heavy (non-hydrogen) atoms. The highest BCUT2D eigenvalue weighted by molar-refractivity contribution is 5.98. The number of ether oxygens (including phenoxy) is 3. The molecule has 5 rings (SSSR count). The largest absolute Gasteiger partial charge is 0.514 e. The van der Waals surface area contributed by atoms with E-state index in [1.807, 2.05) is 48.5 Å². The van der Waals surface area contributed by atoms with Crippen LogP contribution in [0.3, 0.4) is 0 Å². The van der Waals surface area contributed by atoms with E-state index in [-0.39, 0.29) is 99.7 Å². The number of nitrogens with two attached hydrogens (primary N) is 1. The van der Waals surface area contributed by atoms with Crippen molar-refractivity contribution in [1.82, 2.24) is 10.6 Å². The van der Waals surface area contributed by atoms with E-state index in [0.29, 0.717) is 36.3 Å². The Balaban J connectivity index is 1.03. The van der Waals surface area contributed by atoms with Gasteiger partial charge in [-0.2, -0.15) is 0 Å². The third-order valence-electron chi connectivity index (χ3n) is 11.0. The zero-order valence-corrected chi connectivity index (χ0v) is 38.5. The van der Waals surface area contributed by atoms with Gasteiger partial charge in [-0.15, -0.1) is 0 Å². The highest BCUT2D eigenvalue weighted by Gasteiger charge is 2.30. The summed E-state index contributed by atoms with van der Waals surface area (Å²) in [5.74, 6) is 3.77. The Bertz CT molecular complexity index is 2530. The van der Waals surface area contributed by atoms with E-state index < -0.39 is 40.9 Å². The maximum Gasteiger partial charge on any atom is 0.514 e. The molecule has 5 N–H and O–H groups in total. The number of nitro benzene ring substituents is 1. The van der Waals surface area contributed by atoms with Crippen LogP contribution in [0.2, 0.25) is 0 Å². The Morgan fingerprint density at radius 2 is 1.51 bits per heavy atom. The van der Waals surface area contributed by atoms with Gasteiger partial charge in [-0.25, -0.2) is 9.59 Å². The van der Waals surface area contributed by atoms with Crippen LogP contribution in [0.15, 0.2) is 97.1 Å². The number of Topliss-reactive ketones (excluding diaryl/α,β-unsaturated/α-hetero) is 2. The first kappa shape index (κ1) is 52.1. The third-order valence-corrected chi connectivity index (χ3v) is 11.0. The van der Waals surface area contributed by atoms with E-state index in [4.69, 9.17) is 19.9 Å². The molecule has 1 aliphatic heterocycles. The van der Waals surface area contributed by atoms with Crippen LogP contribution in [0.1, 0.15) is 87.5 Å². The van der Waals surface area contributed by atoms with Gasteiger partial charge in [0.2, 0.25) is 17.7 Å². The van der Waals surface area contributed by atoms with E-state index in [1.165, 1.54) is 24.3 Å². The molecule has 0 radical (unpaired) electrons. The number of urea groups is 1. The summed E-state index contributed by atoms with van der Waals surface area (Å²) in [6, 6.07) is 24.8. The van der Waals surface area contributed by atoms with E-state index in [0.717, 1.165) is 16.7 Å². The highest BCUT2D eigenvalue weighted by atomic mass is 16.7. The molecule has 1 aliphatic rings. The lowest BCUT2D eigenvalue weighted by Gasteiger charge is -2.26. The van der Waals surface area contributed by atoms with Gasteiger partial charge in [0.15, 0.2) is 5.78 Å². The van der Waals surface area contributed by atoms with Gasteiger partial charge in [0, 0.05) is 80.1 Å². The summed E-state index contributed by atoms with van der Waals surface area (Å²) >= 11 is 0. The second-order valence-corrected chi connectivity index (χ2v) is 16.6. The molecular formula is C51H56N6O12. The highest BCUT2D eigenvalue weighted by Crippen LogP contribution is 2.27. The molecule has 0 spiro atoms. The number of carbonyl (C=O) groups is 7. The number of nitro groups is 1. The number of rotatable bonds is 25. The predicted octanol–water partition coefficient (Wildman–Crippen LogP) is 6.90. The molecule has 0 aliphatic carbocycles. The van der Waals surface area contributed by atoms with Gasteiger partial charge < -0.3 is 40.8 Å². The Morgan fingerprint density at radius 1 is 0.812 bits per heavy atom. The molecule has 4 aromatic rings. The summed E-state index contributed by atoms with van der Waals surface area (Å²) in [6.07, 6.45) is -0.0147. The topological polar surface area (TPSA) is 256 Å².